The van der Waals surface area contributed by atoms with Crippen LogP contribution in [0.15, 0.2) is 164 Å². The van der Waals surface area contributed by atoms with Crippen LogP contribution in [-0.2, 0) is 5.41 Å². The van der Waals surface area contributed by atoms with Gasteiger partial charge in [0.2, 0.25) is 0 Å². The van der Waals surface area contributed by atoms with Gasteiger partial charge in [0.1, 0.15) is 11.9 Å². The molecule has 52 heavy (non-hydrogen) atoms. The third-order valence-corrected chi connectivity index (χ3v) is 10.9. The Labute approximate surface area is 303 Å². The van der Waals surface area contributed by atoms with Crippen molar-refractivity contribution in [3.63, 3.8) is 0 Å². The fourth-order valence-electron chi connectivity index (χ4n) is 8.42. The minimum Gasteiger partial charge on any atom is -0.484 e. The maximum Gasteiger partial charge on any atom is 0.167 e. The number of rotatable bonds is 5. The van der Waals surface area contributed by atoms with Gasteiger partial charge in [0.15, 0.2) is 17.5 Å². The van der Waals surface area contributed by atoms with Crippen molar-refractivity contribution < 1.29 is 4.74 Å². The summed E-state index contributed by atoms with van der Waals surface area (Å²) < 4.78 is 6.66. The van der Waals surface area contributed by atoms with E-state index < -0.39 is 0 Å². The minimum absolute atomic E-state index is 0.0474. The molecule has 0 radical (unpaired) electrons. The second-order valence-corrected chi connectivity index (χ2v) is 14.3. The monoisotopic (exact) mass is 669 g/mol. The molecule has 10 rings (SSSR count). The van der Waals surface area contributed by atoms with E-state index >= 15 is 0 Å². The highest BCUT2D eigenvalue weighted by molar-refractivity contribution is 5.89. The highest BCUT2D eigenvalue weighted by Crippen LogP contribution is 2.52. The molecule has 2 aliphatic carbocycles. The number of benzene rings is 6. The van der Waals surface area contributed by atoms with Gasteiger partial charge in [-0.1, -0.05) is 153 Å². The number of allylic oxidation sites excluding steroid dienone is 2. The van der Waals surface area contributed by atoms with E-state index in [1.807, 2.05) is 0 Å². The summed E-state index contributed by atoms with van der Waals surface area (Å²) in [6, 6.07) is 49.2. The largest absolute Gasteiger partial charge is 0.484 e. The lowest BCUT2D eigenvalue weighted by Gasteiger charge is -2.24. The van der Waals surface area contributed by atoms with Crippen molar-refractivity contribution in [3.8, 4) is 73.3 Å². The molecule has 0 saturated heterocycles. The van der Waals surface area contributed by atoms with Crippen molar-refractivity contribution in [3.05, 3.63) is 181 Å². The van der Waals surface area contributed by atoms with Gasteiger partial charge in [-0.3, -0.25) is 0 Å². The number of hydrogen-bond acceptors (Lipinski definition) is 4. The predicted molar refractivity (Wildman–Crippen MR) is 210 cm³/mol. The zero-order chi connectivity index (χ0) is 34.8. The quantitative estimate of drug-likeness (QED) is 0.183. The second-order valence-electron chi connectivity index (χ2n) is 14.3. The van der Waals surface area contributed by atoms with E-state index in [-0.39, 0.29) is 17.4 Å². The molecule has 7 aromatic rings. The Morgan fingerprint density at radius 2 is 1.10 bits per heavy atom. The molecule has 2 heterocycles. The van der Waals surface area contributed by atoms with Crippen LogP contribution in [0.25, 0.3) is 67.5 Å². The lowest BCUT2D eigenvalue weighted by Crippen LogP contribution is -2.17. The summed E-state index contributed by atoms with van der Waals surface area (Å²) >= 11 is 0. The van der Waals surface area contributed by atoms with E-state index in [2.05, 4.69) is 178 Å². The summed E-state index contributed by atoms with van der Waals surface area (Å²) in [4.78, 5) is 16.0. The average molecular weight is 670 g/mol. The molecular formula is C48H35N3O. The summed E-state index contributed by atoms with van der Waals surface area (Å²) in [5.41, 5.74) is 13.2. The SMILES string of the molecule is CC1(C)c2ccccc2-c2cccc(-c3nc(-c4ccc(-c5ccccc5)cc4-c4ccccc4)nc(-c4cccc5c4OC4C=CC=CC54)n3)c21. The van der Waals surface area contributed by atoms with E-state index in [9.17, 15) is 0 Å². The molecule has 2 unspecified atom stereocenters. The molecule has 0 saturated carbocycles. The van der Waals surface area contributed by atoms with E-state index in [1.54, 1.807) is 0 Å². The van der Waals surface area contributed by atoms with Crippen LogP contribution in [-0.4, -0.2) is 21.1 Å². The van der Waals surface area contributed by atoms with Gasteiger partial charge in [0, 0.05) is 28.0 Å². The number of para-hydroxylation sites is 1. The molecule has 6 aromatic carbocycles. The van der Waals surface area contributed by atoms with Crippen LogP contribution in [0.5, 0.6) is 5.75 Å². The average Bonchev–Trinajstić information content (AvgIpc) is 3.70. The minimum atomic E-state index is -0.243. The summed E-state index contributed by atoms with van der Waals surface area (Å²) in [6.07, 6.45) is 8.47. The Morgan fingerprint density at radius 3 is 1.90 bits per heavy atom. The summed E-state index contributed by atoms with van der Waals surface area (Å²) in [7, 11) is 0. The predicted octanol–water partition coefficient (Wildman–Crippen LogP) is 11.5. The molecule has 2 atom stereocenters. The van der Waals surface area contributed by atoms with Gasteiger partial charge in [-0.25, -0.2) is 15.0 Å². The smallest absolute Gasteiger partial charge is 0.167 e. The highest BCUT2D eigenvalue weighted by Gasteiger charge is 2.39. The Kier molecular flexibility index (Phi) is 6.94. The van der Waals surface area contributed by atoms with Crippen LogP contribution in [0.4, 0.5) is 0 Å². The van der Waals surface area contributed by atoms with E-state index in [1.165, 1.54) is 22.3 Å². The molecule has 4 nitrogen and oxygen atoms in total. The molecule has 4 heteroatoms. The molecular weight excluding hydrogens is 635 g/mol. The number of aromatic nitrogens is 3. The van der Waals surface area contributed by atoms with E-state index in [0.29, 0.717) is 17.5 Å². The second kappa shape index (κ2) is 11.9. The standard InChI is InChI=1S/C48H35N3O/c1-48(2)41-25-11-9-19-33(41)35-21-13-23-38(43(35)48)46-49-45(50-47(51-46)39-24-14-22-36-34-20-10-12-26-42(34)52-44(36)39)37-28-27-32(30-15-5-3-6-16-30)29-40(37)31-17-7-4-8-18-31/h3-29,34,42H,1-2H3. The molecule has 0 fully saturated rings. The van der Waals surface area contributed by atoms with Gasteiger partial charge in [-0.05, 0) is 68.8 Å². The third kappa shape index (κ3) is 4.79. The Balaban J connectivity index is 1.23. The van der Waals surface area contributed by atoms with Gasteiger partial charge in [-0.15, -0.1) is 0 Å². The number of hydrogen-bond donors (Lipinski definition) is 0. The number of fused-ring (bicyclic) bond motifs is 6. The fourth-order valence-corrected chi connectivity index (χ4v) is 8.42. The number of nitrogens with zero attached hydrogens (tertiary/aromatic N) is 3. The first-order valence-electron chi connectivity index (χ1n) is 17.9. The van der Waals surface area contributed by atoms with Crippen molar-refractivity contribution in [1.82, 2.24) is 15.0 Å². The van der Waals surface area contributed by atoms with Gasteiger partial charge in [0.05, 0.1) is 5.56 Å². The lowest BCUT2D eigenvalue weighted by molar-refractivity contribution is 0.269. The molecule has 248 valence electrons. The summed E-state index contributed by atoms with van der Waals surface area (Å²) in [5, 5.41) is 0. The normalized spacial score (nSPS) is 17.2. The van der Waals surface area contributed by atoms with Gasteiger partial charge >= 0.3 is 0 Å². The summed E-state index contributed by atoms with van der Waals surface area (Å²) in [6.45, 7) is 4.61. The van der Waals surface area contributed by atoms with Crippen LogP contribution in [0.3, 0.4) is 0 Å². The van der Waals surface area contributed by atoms with Crippen LogP contribution in [0, 0.1) is 0 Å². The van der Waals surface area contributed by atoms with Crippen molar-refractivity contribution in [2.24, 2.45) is 0 Å². The van der Waals surface area contributed by atoms with Gasteiger partial charge in [0.25, 0.3) is 0 Å². The maximum atomic E-state index is 6.66. The zero-order valence-electron chi connectivity index (χ0n) is 29.0. The highest BCUT2D eigenvalue weighted by atomic mass is 16.5. The van der Waals surface area contributed by atoms with Crippen LogP contribution < -0.4 is 4.74 Å². The van der Waals surface area contributed by atoms with Crippen LogP contribution in [0.1, 0.15) is 36.5 Å². The first-order valence-corrected chi connectivity index (χ1v) is 17.9. The van der Waals surface area contributed by atoms with Gasteiger partial charge in [-0.2, -0.15) is 0 Å². The molecule has 3 aliphatic rings. The number of ether oxygens (including phenoxy) is 1. The van der Waals surface area contributed by atoms with Crippen molar-refractivity contribution >= 4 is 0 Å². The topological polar surface area (TPSA) is 47.9 Å². The molecule has 0 N–H and O–H groups in total. The Morgan fingerprint density at radius 1 is 0.481 bits per heavy atom. The first kappa shape index (κ1) is 30.4. The molecule has 1 aromatic heterocycles. The molecule has 1 aliphatic heterocycles. The molecule has 0 spiro atoms. The molecule has 0 bridgehead atoms. The van der Waals surface area contributed by atoms with Crippen molar-refractivity contribution in [2.75, 3.05) is 0 Å². The van der Waals surface area contributed by atoms with Crippen molar-refractivity contribution in [2.45, 2.75) is 31.3 Å². The van der Waals surface area contributed by atoms with Crippen LogP contribution >= 0.6 is 0 Å². The van der Waals surface area contributed by atoms with E-state index in [4.69, 9.17) is 19.7 Å². The van der Waals surface area contributed by atoms with Gasteiger partial charge < -0.3 is 4.74 Å². The van der Waals surface area contributed by atoms with Crippen molar-refractivity contribution in [1.29, 1.82) is 0 Å². The lowest BCUT2D eigenvalue weighted by atomic mass is 9.80. The maximum absolute atomic E-state index is 6.66. The first-order chi connectivity index (χ1) is 25.5. The van der Waals surface area contributed by atoms with E-state index in [0.717, 1.165) is 50.3 Å². The third-order valence-electron chi connectivity index (χ3n) is 10.9. The summed E-state index contributed by atoms with van der Waals surface area (Å²) in [5.74, 6) is 2.87. The van der Waals surface area contributed by atoms with Crippen LogP contribution in [0.2, 0.25) is 0 Å². The Bertz CT molecular complexity index is 2590. The fraction of sp³-hybridized carbons (Fsp3) is 0.104. The zero-order valence-corrected chi connectivity index (χ0v) is 29.0. The molecule has 0 amide bonds. The Hall–Kier alpha value is -6.39.